The van der Waals surface area contributed by atoms with Gasteiger partial charge >= 0.3 is 0 Å². The molecule has 108 valence electrons. The summed E-state index contributed by atoms with van der Waals surface area (Å²) in [5.41, 5.74) is 6.49. The van der Waals surface area contributed by atoms with Gasteiger partial charge in [0.2, 0.25) is 0 Å². The van der Waals surface area contributed by atoms with E-state index in [-0.39, 0.29) is 0 Å². The zero-order valence-electron chi connectivity index (χ0n) is 12.4. The number of nitrogens with two attached hydrogens (primary N) is 1. The molecule has 1 saturated carbocycles. The summed E-state index contributed by atoms with van der Waals surface area (Å²) in [4.78, 5) is 2.50. The maximum atomic E-state index is 6.04. The molecule has 2 N–H and O–H groups in total. The van der Waals surface area contributed by atoms with E-state index in [9.17, 15) is 0 Å². The van der Waals surface area contributed by atoms with Crippen LogP contribution in [0, 0.1) is 5.41 Å². The van der Waals surface area contributed by atoms with Gasteiger partial charge in [0.25, 0.3) is 0 Å². The van der Waals surface area contributed by atoms with Crippen molar-refractivity contribution in [2.24, 2.45) is 11.1 Å². The van der Waals surface area contributed by atoms with Gasteiger partial charge in [-0.3, -0.25) is 0 Å². The van der Waals surface area contributed by atoms with E-state index >= 15 is 0 Å². The number of ether oxygens (including phenoxy) is 1. The molecule has 0 heterocycles. The quantitative estimate of drug-likeness (QED) is 0.645. The first-order valence-corrected chi connectivity index (χ1v) is 7.76. The molecular weight excluding hydrogens is 224 g/mol. The predicted molar refractivity (Wildman–Crippen MR) is 77.8 cm³/mol. The second kappa shape index (κ2) is 8.89. The Labute approximate surface area is 113 Å². The van der Waals surface area contributed by atoms with E-state index < -0.39 is 0 Å². The molecule has 0 saturated heterocycles. The maximum Gasteiger partial charge on any atom is 0.0593 e. The van der Waals surface area contributed by atoms with Crippen molar-refractivity contribution in [2.75, 3.05) is 39.4 Å². The highest BCUT2D eigenvalue weighted by atomic mass is 16.5. The van der Waals surface area contributed by atoms with E-state index in [0.29, 0.717) is 5.41 Å². The molecule has 0 aromatic carbocycles. The van der Waals surface area contributed by atoms with Crippen molar-refractivity contribution in [3.63, 3.8) is 0 Å². The lowest BCUT2D eigenvalue weighted by molar-refractivity contribution is 0.0995. The van der Waals surface area contributed by atoms with Crippen LogP contribution in [-0.2, 0) is 4.74 Å². The van der Waals surface area contributed by atoms with Crippen LogP contribution < -0.4 is 5.73 Å². The van der Waals surface area contributed by atoms with E-state index in [1.807, 2.05) is 0 Å². The summed E-state index contributed by atoms with van der Waals surface area (Å²) in [6, 6.07) is 0. The topological polar surface area (TPSA) is 38.5 Å². The van der Waals surface area contributed by atoms with Gasteiger partial charge in [0.15, 0.2) is 0 Å². The number of likely N-dealkylation sites (N-methyl/N-ethyl adjacent to an activating group) is 1. The minimum absolute atomic E-state index is 0.442. The molecule has 0 aliphatic heterocycles. The molecule has 1 aliphatic carbocycles. The van der Waals surface area contributed by atoms with Crippen LogP contribution in [0.1, 0.15) is 52.4 Å². The van der Waals surface area contributed by atoms with Crippen molar-refractivity contribution in [1.29, 1.82) is 0 Å². The van der Waals surface area contributed by atoms with E-state index in [4.69, 9.17) is 10.5 Å². The predicted octanol–water partition coefficient (Wildman–Crippen LogP) is 2.64. The van der Waals surface area contributed by atoms with Crippen molar-refractivity contribution in [2.45, 2.75) is 52.4 Å². The third-order valence-corrected chi connectivity index (χ3v) is 4.51. The standard InChI is InChI=1S/C15H32N2O/c1-3-17(12-13-18-4-2)11-10-15(14-16)8-6-5-7-9-15/h3-14,16H2,1-2H3. The van der Waals surface area contributed by atoms with E-state index in [2.05, 4.69) is 18.7 Å². The first kappa shape index (κ1) is 15.9. The Morgan fingerprint density at radius 3 is 2.39 bits per heavy atom. The summed E-state index contributed by atoms with van der Waals surface area (Å²) in [6.45, 7) is 10.2. The third kappa shape index (κ3) is 5.25. The van der Waals surface area contributed by atoms with Gasteiger partial charge in [-0.25, -0.2) is 0 Å². The summed E-state index contributed by atoms with van der Waals surface area (Å²) in [6.07, 6.45) is 8.11. The van der Waals surface area contributed by atoms with Crippen molar-refractivity contribution < 1.29 is 4.74 Å². The molecule has 0 spiro atoms. The highest BCUT2D eigenvalue weighted by molar-refractivity contribution is 4.84. The minimum Gasteiger partial charge on any atom is -0.380 e. The summed E-state index contributed by atoms with van der Waals surface area (Å²) >= 11 is 0. The van der Waals surface area contributed by atoms with Gasteiger partial charge in [-0.05, 0) is 51.2 Å². The Hall–Kier alpha value is -0.120. The van der Waals surface area contributed by atoms with Crippen molar-refractivity contribution >= 4 is 0 Å². The lowest BCUT2D eigenvalue weighted by atomic mass is 9.72. The van der Waals surface area contributed by atoms with Crippen LogP contribution in [0.15, 0.2) is 0 Å². The number of nitrogens with zero attached hydrogens (tertiary/aromatic N) is 1. The molecular formula is C15H32N2O. The van der Waals surface area contributed by atoms with Crippen LogP contribution in [0.5, 0.6) is 0 Å². The zero-order chi connectivity index (χ0) is 13.3. The van der Waals surface area contributed by atoms with Gasteiger partial charge in [-0.2, -0.15) is 0 Å². The van der Waals surface area contributed by atoms with Crippen molar-refractivity contribution in [1.82, 2.24) is 4.90 Å². The summed E-state index contributed by atoms with van der Waals surface area (Å²) < 4.78 is 5.44. The van der Waals surface area contributed by atoms with Crippen LogP contribution >= 0.6 is 0 Å². The first-order chi connectivity index (χ1) is 8.76. The highest BCUT2D eigenvalue weighted by Gasteiger charge is 2.30. The molecule has 0 amide bonds. The average molecular weight is 256 g/mol. The lowest BCUT2D eigenvalue weighted by Gasteiger charge is -2.38. The minimum atomic E-state index is 0.442. The molecule has 3 nitrogen and oxygen atoms in total. The summed E-state index contributed by atoms with van der Waals surface area (Å²) in [5, 5.41) is 0. The second-order valence-electron chi connectivity index (χ2n) is 5.65. The zero-order valence-corrected chi connectivity index (χ0v) is 12.4. The van der Waals surface area contributed by atoms with Gasteiger partial charge in [-0.1, -0.05) is 26.2 Å². The fourth-order valence-electron chi connectivity index (χ4n) is 3.02. The Bertz CT molecular complexity index is 203. The van der Waals surface area contributed by atoms with Crippen molar-refractivity contribution in [3.8, 4) is 0 Å². The SMILES string of the molecule is CCOCCN(CC)CCC1(CN)CCCCC1. The molecule has 0 atom stereocenters. The van der Waals surface area contributed by atoms with E-state index in [1.54, 1.807) is 0 Å². The molecule has 0 aromatic rings. The smallest absolute Gasteiger partial charge is 0.0593 e. The summed E-state index contributed by atoms with van der Waals surface area (Å²) in [5.74, 6) is 0. The van der Waals surface area contributed by atoms with Crippen LogP contribution in [0.3, 0.4) is 0 Å². The van der Waals surface area contributed by atoms with Crippen LogP contribution in [0.25, 0.3) is 0 Å². The van der Waals surface area contributed by atoms with Crippen LogP contribution in [0.2, 0.25) is 0 Å². The Morgan fingerprint density at radius 1 is 1.11 bits per heavy atom. The first-order valence-electron chi connectivity index (χ1n) is 7.76. The fourth-order valence-corrected chi connectivity index (χ4v) is 3.02. The molecule has 1 rings (SSSR count). The Kier molecular flexibility index (Phi) is 7.87. The second-order valence-corrected chi connectivity index (χ2v) is 5.65. The van der Waals surface area contributed by atoms with Gasteiger partial charge < -0.3 is 15.4 Å². The normalized spacial score (nSPS) is 19.3. The molecule has 1 aliphatic rings. The van der Waals surface area contributed by atoms with Crippen LogP contribution in [-0.4, -0.2) is 44.3 Å². The molecule has 18 heavy (non-hydrogen) atoms. The molecule has 0 bridgehead atoms. The van der Waals surface area contributed by atoms with Gasteiger partial charge in [0.1, 0.15) is 0 Å². The maximum absolute atomic E-state index is 6.04. The number of hydrogen-bond donors (Lipinski definition) is 1. The molecule has 3 heteroatoms. The largest absolute Gasteiger partial charge is 0.380 e. The fraction of sp³-hybridized carbons (Fsp3) is 1.00. The van der Waals surface area contributed by atoms with Crippen LogP contribution in [0.4, 0.5) is 0 Å². The van der Waals surface area contributed by atoms with Crippen molar-refractivity contribution in [3.05, 3.63) is 0 Å². The van der Waals surface area contributed by atoms with Gasteiger partial charge in [0.05, 0.1) is 6.61 Å². The molecule has 0 radical (unpaired) electrons. The van der Waals surface area contributed by atoms with E-state index in [0.717, 1.165) is 32.8 Å². The number of hydrogen-bond acceptors (Lipinski definition) is 3. The Balaban J connectivity index is 2.30. The lowest BCUT2D eigenvalue weighted by Crippen LogP contribution is -2.38. The Morgan fingerprint density at radius 2 is 1.83 bits per heavy atom. The summed E-state index contributed by atoms with van der Waals surface area (Å²) in [7, 11) is 0. The number of rotatable bonds is 9. The molecule has 0 aromatic heterocycles. The monoisotopic (exact) mass is 256 g/mol. The van der Waals surface area contributed by atoms with E-state index in [1.165, 1.54) is 45.1 Å². The molecule has 1 fully saturated rings. The van der Waals surface area contributed by atoms with Gasteiger partial charge in [-0.15, -0.1) is 0 Å². The average Bonchev–Trinajstić information content (AvgIpc) is 2.43. The third-order valence-electron chi connectivity index (χ3n) is 4.51. The highest BCUT2D eigenvalue weighted by Crippen LogP contribution is 2.38. The molecule has 0 unspecified atom stereocenters. The van der Waals surface area contributed by atoms with Gasteiger partial charge in [0, 0.05) is 13.2 Å².